The third-order valence-corrected chi connectivity index (χ3v) is 5.43. The molecule has 2 aromatic carbocycles. The van der Waals surface area contributed by atoms with Gasteiger partial charge in [0.15, 0.2) is 11.6 Å². The topological polar surface area (TPSA) is 69.0 Å². The van der Waals surface area contributed by atoms with Crippen molar-refractivity contribution in [1.82, 2.24) is 14.7 Å². The predicted molar refractivity (Wildman–Crippen MR) is 129 cm³/mol. The highest BCUT2D eigenvalue weighted by atomic mass is 19.1. The molecule has 1 unspecified atom stereocenters. The summed E-state index contributed by atoms with van der Waals surface area (Å²) in [5, 5.41) is 15.2. The summed E-state index contributed by atoms with van der Waals surface area (Å²) >= 11 is 0. The van der Waals surface area contributed by atoms with Gasteiger partial charge in [-0.05, 0) is 37.6 Å². The Labute approximate surface area is 204 Å². The van der Waals surface area contributed by atoms with Crippen molar-refractivity contribution in [3.63, 3.8) is 0 Å². The van der Waals surface area contributed by atoms with Gasteiger partial charge in [-0.3, -0.25) is 4.90 Å². The number of nitrogens with zero attached hydrogens (tertiary/aromatic N) is 3. The molecule has 1 atom stereocenters. The van der Waals surface area contributed by atoms with E-state index in [0.717, 1.165) is 29.1 Å². The molecule has 1 heterocycles. The van der Waals surface area contributed by atoms with E-state index in [4.69, 9.17) is 19.3 Å². The minimum Gasteiger partial charge on any atom is -0.435 e. The Kier molecular flexibility index (Phi) is 10.2. The molecular formula is C26H33F2N3O4. The van der Waals surface area contributed by atoms with Crippen LogP contribution in [-0.2, 0) is 22.4 Å². The maximum absolute atomic E-state index is 14.5. The minimum absolute atomic E-state index is 0.104. The van der Waals surface area contributed by atoms with Gasteiger partial charge in [-0.15, -0.1) is 0 Å². The lowest BCUT2D eigenvalue weighted by Crippen LogP contribution is -2.36. The maximum Gasteiger partial charge on any atom is 0.227 e. The maximum atomic E-state index is 14.5. The number of methoxy groups -OCH3 is 1. The van der Waals surface area contributed by atoms with Crippen LogP contribution in [-0.4, -0.2) is 65.9 Å². The van der Waals surface area contributed by atoms with Gasteiger partial charge >= 0.3 is 0 Å². The van der Waals surface area contributed by atoms with Crippen LogP contribution in [0.15, 0.2) is 48.5 Å². The zero-order chi connectivity index (χ0) is 25.2. The van der Waals surface area contributed by atoms with Gasteiger partial charge in [0.1, 0.15) is 5.82 Å². The molecule has 7 nitrogen and oxygen atoms in total. The molecule has 0 saturated carbocycles. The van der Waals surface area contributed by atoms with Crippen molar-refractivity contribution in [2.45, 2.75) is 32.9 Å². The molecule has 0 bridgehead atoms. The van der Waals surface area contributed by atoms with E-state index in [1.165, 1.54) is 6.07 Å². The lowest BCUT2D eigenvalue weighted by Gasteiger charge is -2.25. The van der Waals surface area contributed by atoms with Gasteiger partial charge < -0.3 is 19.3 Å². The largest absolute Gasteiger partial charge is 0.435 e. The Morgan fingerprint density at radius 1 is 1.11 bits per heavy atom. The molecule has 0 aliphatic heterocycles. The third kappa shape index (κ3) is 7.32. The molecule has 0 aliphatic carbocycles. The second-order valence-electron chi connectivity index (χ2n) is 8.05. The lowest BCUT2D eigenvalue weighted by molar-refractivity contribution is 0.0147. The molecular weight excluding hydrogens is 456 g/mol. The lowest BCUT2D eigenvalue weighted by atomic mass is 10.1. The highest BCUT2D eigenvalue weighted by Gasteiger charge is 2.24. The summed E-state index contributed by atoms with van der Waals surface area (Å²) in [6, 6.07) is 12.6. The third-order valence-electron chi connectivity index (χ3n) is 5.43. The van der Waals surface area contributed by atoms with Crippen LogP contribution in [0.2, 0.25) is 0 Å². The monoisotopic (exact) mass is 489 g/mol. The van der Waals surface area contributed by atoms with Crippen LogP contribution in [0, 0.1) is 11.6 Å². The second-order valence-corrected chi connectivity index (χ2v) is 8.05. The van der Waals surface area contributed by atoms with E-state index in [0.29, 0.717) is 45.1 Å². The fraction of sp³-hybridized carbons (Fsp3) is 0.423. The second kappa shape index (κ2) is 13.3. The Morgan fingerprint density at radius 3 is 2.54 bits per heavy atom. The minimum atomic E-state index is -0.807. The number of benzene rings is 2. The molecule has 0 fully saturated rings. The molecule has 190 valence electrons. The van der Waals surface area contributed by atoms with Crippen LogP contribution in [0.25, 0.3) is 5.69 Å². The van der Waals surface area contributed by atoms with Crippen LogP contribution in [0.5, 0.6) is 11.6 Å². The van der Waals surface area contributed by atoms with E-state index >= 15 is 0 Å². The standard InChI is InChI=1S/C26H33F2N3O4/c1-4-24-22(17-30(13-14-33-3)16-21(32)18-34-5-2)26(31(29-24)20-9-7-6-8-10-20)35-25-12-11-19(27)15-23(25)28/h6-12,15,21,32H,4-5,13-14,16-18H2,1-3H3. The van der Waals surface area contributed by atoms with Gasteiger partial charge in [-0.1, -0.05) is 25.1 Å². The molecule has 35 heavy (non-hydrogen) atoms. The van der Waals surface area contributed by atoms with E-state index in [-0.39, 0.29) is 12.4 Å². The Hall–Kier alpha value is -2.85. The molecule has 1 N–H and O–H groups in total. The molecule has 0 amide bonds. The summed E-state index contributed by atoms with van der Waals surface area (Å²) in [6.45, 7) is 6.30. The fourth-order valence-corrected chi connectivity index (χ4v) is 3.72. The summed E-state index contributed by atoms with van der Waals surface area (Å²) in [7, 11) is 1.62. The molecule has 1 aromatic heterocycles. The van der Waals surface area contributed by atoms with Crippen molar-refractivity contribution in [2.75, 3.05) is 40.0 Å². The number of aryl methyl sites for hydroxylation is 1. The van der Waals surface area contributed by atoms with Crippen LogP contribution in [0.1, 0.15) is 25.1 Å². The Bertz CT molecular complexity index is 1060. The normalized spacial score (nSPS) is 12.3. The average molecular weight is 490 g/mol. The van der Waals surface area contributed by atoms with E-state index in [9.17, 15) is 13.9 Å². The van der Waals surface area contributed by atoms with Crippen molar-refractivity contribution in [2.24, 2.45) is 0 Å². The molecule has 0 spiro atoms. The van der Waals surface area contributed by atoms with Gasteiger partial charge in [-0.25, -0.2) is 13.5 Å². The average Bonchev–Trinajstić information content (AvgIpc) is 3.20. The summed E-state index contributed by atoms with van der Waals surface area (Å²) in [6.07, 6.45) is -0.0863. The van der Waals surface area contributed by atoms with Gasteiger partial charge in [0.05, 0.1) is 36.3 Å². The number of aliphatic hydroxyl groups excluding tert-OH is 1. The van der Waals surface area contributed by atoms with Crippen LogP contribution in [0.3, 0.4) is 0 Å². The number of hydrogen-bond donors (Lipinski definition) is 1. The van der Waals surface area contributed by atoms with Crippen molar-refractivity contribution >= 4 is 0 Å². The molecule has 9 heteroatoms. The van der Waals surface area contributed by atoms with Crippen molar-refractivity contribution in [3.05, 3.63) is 71.4 Å². The molecule has 0 radical (unpaired) electrons. The smallest absolute Gasteiger partial charge is 0.227 e. The quantitative estimate of drug-likeness (QED) is 0.363. The fourth-order valence-electron chi connectivity index (χ4n) is 3.72. The summed E-state index contributed by atoms with van der Waals surface area (Å²) in [5.41, 5.74) is 2.26. The van der Waals surface area contributed by atoms with Crippen LogP contribution >= 0.6 is 0 Å². The summed E-state index contributed by atoms with van der Waals surface area (Å²) in [5.74, 6) is -1.26. The first-order valence-corrected chi connectivity index (χ1v) is 11.7. The SMILES string of the molecule is CCOCC(O)CN(CCOC)Cc1c(CC)nn(-c2ccccc2)c1Oc1ccc(F)cc1F. The number of halogens is 2. The first-order valence-electron chi connectivity index (χ1n) is 11.7. The van der Waals surface area contributed by atoms with Crippen molar-refractivity contribution < 1.29 is 28.1 Å². The van der Waals surface area contributed by atoms with E-state index in [1.807, 2.05) is 49.1 Å². The molecule has 3 aromatic rings. The van der Waals surface area contributed by atoms with Gasteiger partial charge in [0.2, 0.25) is 5.88 Å². The summed E-state index contributed by atoms with van der Waals surface area (Å²) < 4.78 is 46.4. The van der Waals surface area contributed by atoms with E-state index in [1.54, 1.807) is 11.8 Å². The number of rotatable bonds is 14. The number of ether oxygens (including phenoxy) is 3. The predicted octanol–water partition coefficient (Wildman–Crippen LogP) is 4.35. The highest BCUT2D eigenvalue weighted by Crippen LogP contribution is 2.33. The number of para-hydroxylation sites is 1. The number of aromatic nitrogens is 2. The Morgan fingerprint density at radius 2 is 1.89 bits per heavy atom. The highest BCUT2D eigenvalue weighted by molar-refractivity contribution is 5.44. The first kappa shape index (κ1) is 26.7. The zero-order valence-electron chi connectivity index (χ0n) is 20.4. The van der Waals surface area contributed by atoms with Crippen LogP contribution in [0.4, 0.5) is 8.78 Å². The summed E-state index contributed by atoms with van der Waals surface area (Å²) in [4.78, 5) is 2.02. The number of aliphatic hydroxyl groups is 1. The first-order chi connectivity index (χ1) is 17.0. The zero-order valence-corrected chi connectivity index (χ0v) is 20.4. The van der Waals surface area contributed by atoms with Gasteiger partial charge in [0, 0.05) is 39.4 Å². The van der Waals surface area contributed by atoms with Crippen molar-refractivity contribution in [3.8, 4) is 17.3 Å². The molecule has 0 saturated heterocycles. The number of hydrogen-bond acceptors (Lipinski definition) is 6. The van der Waals surface area contributed by atoms with E-state index in [2.05, 4.69) is 0 Å². The Balaban J connectivity index is 2.02. The van der Waals surface area contributed by atoms with Gasteiger partial charge in [-0.2, -0.15) is 5.10 Å². The molecule has 3 rings (SSSR count). The molecule has 0 aliphatic rings. The van der Waals surface area contributed by atoms with Crippen molar-refractivity contribution in [1.29, 1.82) is 0 Å². The van der Waals surface area contributed by atoms with E-state index < -0.39 is 17.7 Å². The van der Waals surface area contributed by atoms with Gasteiger partial charge in [0.25, 0.3) is 0 Å². The van der Waals surface area contributed by atoms with Crippen LogP contribution < -0.4 is 4.74 Å².